The van der Waals surface area contributed by atoms with Gasteiger partial charge in [0.2, 0.25) is 0 Å². The summed E-state index contributed by atoms with van der Waals surface area (Å²) < 4.78 is 2.25. The van der Waals surface area contributed by atoms with E-state index >= 15 is 0 Å². The molecule has 3 rings (SSSR count). The van der Waals surface area contributed by atoms with Gasteiger partial charge in [-0.15, -0.1) is 0 Å². The lowest BCUT2D eigenvalue weighted by Gasteiger charge is -2.29. The van der Waals surface area contributed by atoms with Crippen LogP contribution in [0.5, 0.6) is 0 Å². The maximum absolute atomic E-state index is 12.4. The Labute approximate surface area is 149 Å². The van der Waals surface area contributed by atoms with E-state index in [0.717, 1.165) is 24.5 Å². The van der Waals surface area contributed by atoms with E-state index in [1.807, 2.05) is 41.4 Å². The molecule has 25 heavy (non-hydrogen) atoms. The Kier molecular flexibility index (Phi) is 5.38. The highest BCUT2D eigenvalue weighted by molar-refractivity contribution is 5.74. The van der Waals surface area contributed by atoms with Crippen molar-refractivity contribution in [2.45, 2.75) is 46.1 Å². The number of imidazole rings is 1. The highest BCUT2D eigenvalue weighted by Crippen LogP contribution is 2.16. The molecule has 0 aliphatic carbocycles. The molecule has 1 aromatic heterocycles. The lowest BCUT2D eigenvalue weighted by atomic mass is 10.2. The Morgan fingerprint density at radius 1 is 1.28 bits per heavy atom. The van der Waals surface area contributed by atoms with Crippen molar-refractivity contribution in [2.24, 2.45) is 0 Å². The van der Waals surface area contributed by atoms with Crippen molar-refractivity contribution in [3.8, 4) is 0 Å². The van der Waals surface area contributed by atoms with Crippen molar-refractivity contribution in [3.63, 3.8) is 0 Å². The van der Waals surface area contributed by atoms with E-state index in [-0.39, 0.29) is 6.03 Å². The predicted molar refractivity (Wildman–Crippen MR) is 97.9 cm³/mol. The first-order valence-electron chi connectivity index (χ1n) is 8.85. The van der Waals surface area contributed by atoms with Gasteiger partial charge in [-0.3, -0.25) is 4.90 Å². The minimum absolute atomic E-state index is 0.0287. The quantitative estimate of drug-likeness (QED) is 0.909. The van der Waals surface area contributed by atoms with Crippen LogP contribution in [0.3, 0.4) is 0 Å². The number of urea groups is 1. The highest BCUT2D eigenvalue weighted by Gasteiger charge is 2.23. The number of carbonyl (C=O) groups excluding carboxylic acids is 1. The number of aromatic nitrogens is 2. The molecular weight excluding hydrogens is 314 g/mol. The van der Waals surface area contributed by atoms with Crippen LogP contribution in [-0.4, -0.2) is 45.0 Å². The fourth-order valence-electron chi connectivity index (χ4n) is 2.95. The van der Waals surface area contributed by atoms with E-state index < -0.39 is 0 Å². The molecular formula is C19H27N5O. The number of carbonyl (C=O) groups is 1. The number of nitrogens with zero attached hydrogens (tertiary/aromatic N) is 4. The first-order valence-corrected chi connectivity index (χ1v) is 8.85. The van der Waals surface area contributed by atoms with Gasteiger partial charge in [-0.25, -0.2) is 9.78 Å². The number of amides is 2. The normalized spacial score (nSPS) is 14.0. The molecule has 1 N–H and O–H groups in total. The van der Waals surface area contributed by atoms with Crippen molar-refractivity contribution >= 4 is 6.03 Å². The summed E-state index contributed by atoms with van der Waals surface area (Å²) in [6, 6.07) is 10.4. The van der Waals surface area contributed by atoms with Gasteiger partial charge in [-0.05, 0) is 26.5 Å². The van der Waals surface area contributed by atoms with Gasteiger partial charge in [0.05, 0.1) is 12.2 Å². The fraction of sp³-hybridized carbons (Fsp3) is 0.474. The van der Waals surface area contributed by atoms with Crippen molar-refractivity contribution in [2.75, 3.05) is 13.6 Å². The second-order valence-electron chi connectivity index (χ2n) is 6.89. The first kappa shape index (κ1) is 17.5. The summed E-state index contributed by atoms with van der Waals surface area (Å²) in [5.74, 6) is 0.966. The monoisotopic (exact) mass is 341 g/mol. The minimum atomic E-state index is -0.0287. The number of benzene rings is 1. The van der Waals surface area contributed by atoms with Crippen LogP contribution in [0.2, 0.25) is 0 Å². The zero-order valence-corrected chi connectivity index (χ0v) is 15.3. The molecule has 6 heteroatoms. The van der Waals surface area contributed by atoms with Gasteiger partial charge >= 0.3 is 6.03 Å². The van der Waals surface area contributed by atoms with E-state index in [9.17, 15) is 4.79 Å². The van der Waals surface area contributed by atoms with Gasteiger partial charge in [-0.2, -0.15) is 0 Å². The number of rotatable bonds is 5. The molecule has 0 fully saturated rings. The predicted octanol–water partition coefficient (Wildman–Crippen LogP) is 2.45. The molecule has 2 amide bonds. The summed E-state index contributed by atoms with van der Waals surface area (Å²) in [6.45, 7) is 7.88. The lowest BCUT2D eigenvalue weighted by Crippen LogP contribution is -2.44. The van der Waals surface area contributed by atoms with Crippen LogP contribution in [0.25, 0.3) is 0 Å². The van der Waals surface area contributed by atoms with Gasteiger partial charge in [-0.1, -0.05) is 30.3 Å². The Bertz CT molecular complexity index is 710. The number of fused-ring (bicyclic) bond motifs is 1. The third-order valence-corrected chi connectivity index (χ3v) is 4.81. The molecule has 1 aliphatic heterocycles. The Morgan fingerprint density at radius 3 is 2.76 bits per heavy atom. The molecule has 1 aliphatic rings. The maximum atomic E-state index is 12.4. The summed E-state index contributed by atoms with van der Waals surface area (Å²) in [6.07, 6.45) is 1.94. The molecule has 134 valence electrons. The molecule has 1 aromatic carbocycles. The zero-order valence-electron chi connectivity index (χ0n) is 15.3. The number of nitrogens with one attached hydrogen (secondary N) is 1. The topological polar surface area (TPSA) is 53.4 Å². The summed E-state index contributed by atoms with van der Waals surface area (Å²) in [5.41, 5.74) is 2.32. The lowest BCUT2D eigenvalue weighted by molar-refractivity contribution is 0.179. The van der Waals surface area contributed by atoms with Crippen molar-refractivity contribution in [1.29, 1.82) is 0 Å². The average Bonchev–Trinajstić information content (AvgIpc) is 3.02. The second-order valence-corrected chi connectivity index (χ2v) is 6.89. The van der Waals surface area contributed by atoms with E-state index in [0.29, 0.717) is 25.7 Å². The molecule has 0 unspecified atom stereocenters. The van der Waals surface area contributed by atoms with Crippen molar-refractivity contribution in [3.05, 3.63) is 53.6 Å². The minimum Gasteiger partial charge on any atom is -0.334 e. The molecule has 0 atom stereocenters. The molecule has 6 nitrogen and oxygen atoms in total. The Morgan fingerprint density at radius 2 is 2.04 bits per heavy atom. The van der Waals surface area contributed by atoms with Crippen LogP contribution >= 0.6 is 0 Å². The largest absolute Gasteiger partial charge is 0.334 e. The standard InChI is InChI=1S/C19H27N5O/c1-15(2)22(3)13-17-12-20-18-14-23(9-10-24(17)18)19(25)21-11-16-7-5-4-6-8-16/h4-8,12,15H,9-11,13-14H2,1-3H3,(H,21,25). The third-order valence-electron chi connectivity index (χ3n) is 4.81. The SMILES string of the molecule is CC(C)N(C)Cc1cnc2n1CCN(C(=O)NCc1ccccc1)C2. The molecule has 0 saturated heterocycles. The van der Waals surface area contributed by atoms with Crippen molar-refractivity contribution < 1.29 is 4.79 Å². The van der Waals surface area contributed by atoms with Crippen LogP contribution in [-0.2, 0) is 26.2 Å². The van der Waals surface area contributed by atoms with Crippen LogP contribution in [0, 0.1) is 0 Å². The summed E-state index contributed by atoms with van der Waals surface area (Å²) >= 11 is 0. The maximum Gasteiger partial charge on any atom is 0.318 e. The molecule has 0 radical (unpaired) electrons. The molecule has 0 bridgehead atoms. The van der Waals surface area contributed by atoms with Gasteiger partial charge < -0.3 is 14.8 Å². The van der Waals surface area contributed by atoms with Gasteiger partial charge in [0.15, 0.2) is 0 Å². The van der Waals surface area contributed by atoms with Crippen LogP contribution in [0.4, 0.5) is 4.79 Å². The first-order chi connectivity index (χ1) is 12.0. The molecule has 0 saturated carbocycles. The van der Waals surface area contributed by atoms with Crippen molar-refractivity contribution in [1.82, 2.24) is 24.7 Å². The number of hydrogen-bond donors (Lipinski definition) is 1. The van der Waals surface area contributed by atoms with Crippen LogP contribution in [0.1, 0.15) is 30.9 Å². The van der Waals surface area contributed by atoms with Gasteiger partial charge in [0, 0.05) is 38.4 Å². The Hall–Kier alpha value is -2.34. The van der Waals surface area contributed by atoms with Gasteiger partial charge in [0.25, 0.3) is 0 Å². The van der Waals surface area contributed by atoms with Gasteiger partial charge in [0.1, 0.15) is 5.82 Å². The Balaban J connectivity index is 1.58. The van der Waals surface area contributed by atoms with E-state index in [1.54, 1.807) is 0 Å². The van der Waals surface area contributed by atoms with Crippen LogP contribution in [0.15, 0.2) is 36.5 Å². The average molecular weight is 341 g/mol. The molecule has 2 aromatic rings. The van der Waals surface area contributed by atoms with E-state index in [4.69, 9.17) is 0 Å². The summed E-state index contributed by atoms with van der Waals surface area (Å²) in [4.78, 5) is 21.1. The molecule has 2 heterocycles. The summed E-state index contributed by atoms with van der Waals surface area (Å²) in [5, 5.41) is 3.00. The molecule has 0 spiro atoms. The second kappa shape index (κ2) is 7.70. The van der Waals surface area contributed by atoms with E-state index in [1.165, 1.54) is 5.69 Å². The van der Waals surface area contributed by atoms with E-state index in [2.05, 4.69) is 40.7 Å². The van der Waals surface area contributed by atoms with Crippen LogP contribution < -0.4 is 5.32 Å². The fourth-order valence-corrected chi connectivity index (χ4v) is 2.95. The zero-order chi connectivity index (χ0) is 17.8. The number of hydrogen-bond acceptors (Lipinski definition) is 3. The highest BCUT2D eigenvalue weighted by atomic mass is 16.2. The smallest absolute Gasteiger partial charge is 0.318 e. The summed E-state index contributed by atoms with van der Waals surface area (Å²) in [7, 11) is 2.12. The third kappa shape index (κ3) is 4.20.